The maximum Gasteiger partial charge on any atom is 0.171 e. The number of thiophene rings is 1. The first-order valence-corrected chi connectivity index (χ1v) is 7.18. The molecule has 1 aromatic heterocycles. The molecule has 0 aliphatic carbocycles. The van der Waals surface area contributed by atoms with Gasteiger partial charge in [0.2, 0.25) is 0 Å². The van der Waals surface area contributed by atoms with Crippen LogP contribution in [0.4, 0.5) is 5.69 Å². The van der Waals surface area contributed by atoms with Crippen LogP contribution < -0.4 is 10.6 Å². The molecule has 1 heterocycles. The summed E-state index contributed by atoms with van der Waals surface area (Å²) in [5, 5.41) is 9.75. The monoisotopic (exact) mass is 296 g/mol. The fourth-order valence-electron chi connectivity index (χ4n) is 1.51. The molecule has 0 saturated heterocycles. The second kappa shape index (κ2) is 6.18. The number of hydrogen-bond acceptors (Lipinski definition) is 2. The first-order chi connectivity index (χ1) is 8.65. The van der Waals surface area contributed by atoms with Gasteiger partial charge in [-0.2, -0.15) is 0 Å². The van der Waals surface area contributed by atoms with Crippen LogP contribution in [-0.2, 0) is 0 Å². The van der Waals surface area contributed by atoms with Gasteiger partial charge in [-0.1, -0.05) is 17.7 Å². The molecule has 0 saturated carbocycles. The standard InChI is InChI=1S/C13H13ClN2S2/c1-9(12-3-2-8-18-12)15-13(17)16-11-6-4-10(14)5-7-11/h2-9H,1H3,(H2,15,16,17)/t9-/m0/s1. The van der Waals surface area contributed by atoms with Crippen LogP contribution in [-0.4, -0.2) is 5.11 Å². The maximum absolute atomic E-state index is 5.83. The van der Waals surface area contributed by atoms with Crippen LogP contribution in [0.3, 0.4) is 0 Å². The summed E-state index contributed by atoms with van der Waals surface area (Å²) in [6.07, 6.45) is 0. The average Bonchev–Trinajstić information content (AvgIpc) is 2.85. The van der Waals surface area contributed by atoms with Crippen molar-refractivity contribution in [3.63, 3.8) is 0 Å². The SMILES string of the molecule is C[C@H](NC(=S)Nc1ccc(Cl)cc1)c1cccs1. The zero-order chi connectivity index (χ0) is 13.0. The van der Waals surface area contributed by atoms with Gasteiger partial charge in [0, 0.05) is 15.6 Å². The molecule has 2 aromatic rings. The lowest BCUT2D eigenvalue weighted by atomic mass is 10.3. The molecule has 2 N–H and O–H groups in total. The minimum Gasteiger partial charge on any atom is -0.355 e. The van der Waals surface area contributed by atoms with Gasteiger partial charge in [0.05, 0.1) is 6.04 Å². The first-order valence-electron chi connectivity index (χ1n) is 5.51. The van der Waals surface area contributed by atoms with Crippen molar-refractivity contribution in [1.82, 2.24) is 5.32 Å². The van der Waals surface area contributed by atoms with E-state index in [0.717, 1.165) is 5.69 Å². The van der Waals surface area contributed by atoms with Crippen molar-refractivity contribution in [2.24, 2.45) is 0 Å². The zero-order valence-corrected chi connectivity index (χ0v) is 12.2. The molecule has 18 heavy (non-hydrogen) atoms. The molecule has 94 valence electrons. The van der Waals surface area contributed by atoms with Crippen molar-refractivity contribution in [3.8, 4) is 0 Å². The number of thiocarbonyl (C=S) groups is 1. The Morgan fingerprint density at radius 3 is 2.61 bits per heavy atom. The van der Waals surface area contributed by atoms with Crippen LogP contribution in [0.1, 0.15) is 17.8 Å². The van der Waals surface area contributed by atoms with Gasteiger partial charge >= 0.3 is 0 Å². The summed E-state index contributed by atoms with van der Waals surface area (Å²) >= 11 is 12.8. The summed E-state index contributed by atoms with van der Waals surface area (Å²) in [6.45, 7) is 2.08. The van der Waals surface area contributed by atoms with E-state index in [4.69, 9.17) is 23.8 Å². The molecule has 0 amide bonds. The second-order valence-corrected chi connectivity index (χ2v) is 5.67. The van der Waals surface area contributed by atoms with E-state index in [9.17, 15) is 0 Å². The van der Waals surface area contributed by atoms with Gasteiger partial charge in [-0.15, -0.1) is 11.3 Å². The van der Waals surface area contributed by atoms with Crippen LogP contribution in [0, 0.1) is 0 Å². The van der Waals surface area contributed by atoms with Gasteiger partial charge in [-0.3, -0.25) is 0 Å². The molecule has 0 bridgehead atoms. The van der Waals surface area contributed by atoms with Gasteiger partial charge < -0.3 is 10.6 Å². The van der Waals surface area contributed by atoms with Gasteiger partial charge in [-0.25, -0.2) is 0 Å². The highest BCUT2D eigenvalue weighted by molar-refractivity contribution is 7.80. The van der Waals surface area contributed by atoms with Gasteiger partial charge in [0.15, 0.2) is 5.11 Å². The molecule has 0 radical (unpaired) electrons. The molecule has 0 aliphatic heterocycles. The number of halogens is 1. The van der Waals surface area contributed by atoms with Crippen molar-refractivity contribution >= 4 is 46.0 Å². The molecule has 2 nitrogen and oxygen atoms in total. The topological polar surface area (TPSA) is 24.1 Å². The number of benzene rings is 1. The van der Waals surface area contributed by atoms with Gasteiger partial charge in [-0.05, 0) is 54.9 Å². The third-order valence-electron chi connectivity index (χ3n) is 2.42. The van der Waals surface area contributed by atoms with Crippen LogP contribution in [0.2, 0.25) is 5.02 Å². The Kier molecular flexibility index (Phi) is 4.58. The van der Waals surface area contributed by atoms with Crippen LogP contribution in [0.5, 0.6) is 0 Å². The average molecular weight is 297 g/mol. The molecule has 0 unspecified atom stereocenters. The molecular formula is C13H13ClN2S2. The van der Waals surface area contributed by atoms with E-state index in [2.05, 4.69) is 29.0 Å². The summed E-state index contributed by atoms with van der Waals surface area (Å²) < 4.78 is 0. The highest BCUT2D eigenvalue weighted by atomic mass is 35.5. The van der Waals surface area contributed by atoms with E-state index in [-0.39, 0.29) is 6.04 Å². The predicted octanol–water partition coefficient (Wildman–Crippen LogP) is 4.45. The first kappa shape index (κ1) is 13.3. The number of nitrogens with one attached hydrogen (secondary N) is 2. The zero-order valence-electron chi connectivity index (χ0n) is 9.81. The largest absolute Gasteiger partial charge is 0.355 e. The van der Waals surface area contributed by atoms with E-state index in [1.54, 1.807) is 11.3 Å². The van der Waals surface area contributed by atoms with Crippen molar-refractivity contribution in [1.29, 1.82) is 0 Å². The molecule has 1 aromatic carbocycles. The van der Waals surface area contributed by atoms with Crippen molar-refractivity contribution in [2.75, 3.05) is 5.32 Å². The van der Waals surface area contributed by atoms with Crippen molar-refractivity contribution < 1.29 is 0 Å². The Labute approximate surface area is 121 Å². The van der Waals surface area contributed by atoms with Crippen LogP contribution in [0.15, 0.2) is 41.8 Å². The molecule has 0 fully saturated rings. The lowest BCUT2D eigenvalue weighted by Crippen LogP contribution is -2.30. The van der Waals surface area contributed by atoms with E-state index in [0.29, 0.717) is 10.1 Å². The third kappa shape index (κ3) is 3.70. The lowest BCUT2D eigenvalue weighted by Gasteiger charge is -2.15. The van der Waals surface area contributed by atoms with Crippen molar-refractivity contribution in [2.45, 2.75) is 13.0 Å². The third-order valence-corrected chi connectivity index (χ3v) is 3.95. The molecule has 0 aliphatic rings. The maximum atomic E-state index is 5.83. The van der Waals surface area contributed by atoms with Crippen molar-refractivity contribution in [3.05, 3.63) is 51.7 Å². The lowest BCUT2D eigenvalue weighted by molar-refractivity contribution is 0.737. The summed E-state index contributed by atoms with van der Waals surface area (Å²) in [7, 11) is 0. The summed E-state index contributed by atoms with van der Waals surface area (Å²) in [4.78, 5) is 1.26. The molecule has 2 rings (SSSR count). The molecule has 0 spiro atoms. The Balaban J connectivity index is 1.91. The van der Waals surface area contributed by atoms with Crippen LogP contribution in [0.25, 0.3) is 0 Å². The summed E-state index contributed by atoms with van der Waals surface area (Å²) in [6, 6.07) is 11.8. The Morgan fingerprint density at radius 2 is 2.00 bits per heavy atom. The highest BCUT2D eigenvalue weighted by Crippen LogP contribution is 2.18. The van der Waals surface area contributed by atoms with E-state index < -0.39 is 0 Å². The summed E-state index contributed by atoms with van der Waals surface area (Å²) in [5.74, 6) is 0. The van der Waals surface area contributed by atoms with E-state index in [1.165, 1.54) is 4.88 Å². The molecule has 5 heteroatoms. The summed E-state index contributed by atoms with van der Waals surface area (Å²) in [5.41, 5.74) is 0.926. The van der Waals surface area contributed by atoms with Crippen LogP contribution >= 0.6 is 35.2 Å². The minimum atomic E-state index is 0.206. The number of hydrogen-bond donors (Lipinski definition) is 2. The van der Waals surface area contributed by atoms with Gasteiger partial charge in [0.1, 0.15) is 0 Å². The Bertz CT molecular complexity index is 508. The van der Waals surface area contributed by atoms with E-state index in [1.807, 2.05) is 30.3 Å². The smallest absolute Gasteiger partial charge is 0.171 e. The fraction of sp³-hybridized carbons (Fsp3) is 0.154. The minimum absolute atomic E-state index is 0.206. The highest BCUT2D eigenvalue weighted by Gasteiger charge is 2.07. The quantitative estimate of drug-likeness (QED) is 0.818. The number of rotatable bonds is 3. The number of anilines is 1. The molecule has 1 atom stereocenters. The fourth-order valence-corrected chi connectivity index (χ4v) is 2.66. The Morgan fingerprint density at radius 1 is 1.28 bits per heavy atom. The Hall–Kier alpha value is -1.10. The molecular weight excluding hydrogens is 284 g/mol. The predicted molar refractivity (Wildman–Crippen MR) is 83.5 cm³/mol. The normalized spacial score (nSPS) is 11.9. The van der Waals surface area contributed by atoms with Gasteiger partial charge in [0.25, 0.3) is 0 Å². The second-order valence-electron chi connectivity index (χ2n) is 3.84. The van der Waals surface area contributed by atoms with E-state index >= 15 is 0 Å².